The summed E-state index contributed by atoms with van der Waals surface area (Å²) in [5.41, 5.74) is 9.31. The van der Waals surface area contributed by atoms with Crippen LogP contribution in [0.3, 0.4) is 0 Å². The zero-order valence-corrected chi connectivity index (χ0v) is 12.6. The lowest BCUT2D eigenvalue weighted by molar-refractivity contribution is 0.102. The highest BCUT2D eigenvalue weighted by atomic mass is 35.5. The third kappa shape index (κ3) is 3.06. The van der Waals surface area contributed by atoms with Crippen LogP contribution in [0, 0.1) is 13.8 Å². The summed E-state index contributed by atoms with van der Waals surface area (Å²) in [5.74, 6) is -0.337. The van der Waals surface area contributed by atoms with Crippen molar-refractivity contribution in [2.45, 2.75) is 13.8 Å². The van der Waals surface area contributed by atoms with Crippen molar-refractivity contribution in [3.8, 4) is 0 Å². The molecule has 5 heteroatoms. The van der Waals surface area contributed by atoms with E-state index < -0.39 is 0 Å². The molecule has 104 valence electrons. The van der Waals surface area contributed by atoms with Crippen molar-refractivity contribution in [1.82, 2.24) is 0 Å². The highest BCUT2D eigenvalue weighted by molar-refractivity contribution is 6.36. The topological polar surface area (TPSA) is 55.1 Å². The summed E-state index contributed by atoms with van der Waals surface area (Å²) >= 11 is 11.9. The van der Waals surface area contributed by atoms with Crippen LogP contribution in [-0.4, -0.2) is 5.91 Å². The molecule has 3 nitrogen and oxygen atoms in total. The van der Waals surface area contributed by atoms with Gasteiger partial charge in [-0.05, 0) is 49.2 Å². The smallest absolute Gasteiger partial charge is 0.257 e. The molecule has 0 aliphatic rings. The predicted molar refractivity (Wildman–Crippen MR) is 84.7 cm³/mol. The monoisotopic (exact) mass is 308 g/mol. The molecular formula is C15H14Cl2N2O. The van der Waals surface area contributed by atoms with Crippen molar-refractivity contribution in [3.63, 3.8) is 0 Å². The number of carbonyl (C=O) groups excluding carboxylic acids is 1. The van der Waals surface area contributed by atoms with E-state index in [-0.39, 0.29) is 5.91 Å². The van der Waals surface area contributed by atoms with E-state index in [2.05, 4.69) is 5.32 Å². The SMILES string of the molecule is Cc1cc(C)c(NC(=O)c2cc(Cl)ccc2Cl)c(N)c1. The fraction of sp³-hybridized carbons (Fsp3) is 0.133. The van der Waals surface area contributed by atoms with E-state index in [4.69, 9.17) is 28.9 Å². The molecule has 0 radical (unpaired) electrons. The Labute approximate surface area is 127 Å². The van der Waals surface area contributed by atoms with Gasteiger partial charge in [0.2, 0.25) is 0 Å². The second-order valence-electron chi connectivity index (χ2n) is 4.62. The average Bonchev–Trinajstić information content (AvgIpc) is 2.36. The molecule has 0 unspecified atom stereocenters. The predicted octanol–water partition coefficient (Wildman–Crippen LogP) is 4.44. The molecule has 0 aromatic heterocycles. The number of hydrogen-bond donors (Lipinski definition) is 2. The minimum Gasteiger partial charge on any atom is -0.397 e. The molecule has 1 amide bonds. The van der Waals surface area contributed by atoms with Crippen molar-refractivity contribution in [3.05, 3.63) is 57.1 Å². The van der Waals surface area contributed by atoms with Crippen molar-refractivity contribution in [2.75, 3.05) is 11.1 Å². The van der Waals surface area contributed by atoms with Gasteiger partial charge in [-0.2, -0.15) is 0 Å². The van der Waals surface area contributed by atoms with Crippen LogP contribution in [-0.2, 0) is 0 Å². The Morgan fingerprint density at radius 3 is 2.50 bits per heavy atom. The fourth-order valence-electron chi connectivity index (χ4n) is 2.02. The zero-order valence-electron chi connectivity index (χ0n) is 11.1. The first kappa shape index (κ1) is 14.7. The highest BCUT2D eigenvalue weighted by Gasteiger charge is 2.14. The van der Waals surface area contributed by atoms with E-state index in [9.17, 15) is 4.79 Å². The molecule has 3 N–H and O–H groups in total. The van der Waals surface area contributed by atoms with E-state index in [1.807, 2.05) is 26.0 Å². The normalized spacial score (nSPS) is 10.4. The van der Waals surface area contributed by atoms with Crippen molar-refractivity contribution >= 4 is 40.5 Å². The number of nitrogen functional groups attached to an aromatic ring is 1. The Kier molecular flexibility index (Phi) is 4.21. The maximum atomic E-state index is 12.3. The van der Waals surface area contributed by atoms with Gasteiger partial charge in [0.15, 0.2) is 0 Å². The number of anilines is 2. The molecule has 0 bridgehead atoms. The lowest BCUT2D eigenvalue weighted by Gasteiger charge is -2.13. The molecule has 0 aliphatic heterocycles. The maximum Gasteiger partial charge on any atom is 0.257 e. The molecule has 0 fully saturated rings. The Bertz CT molecular complexity index is 661. The third-order valence-electron chi connectivity index (χ3n) is 2.92. The molecule has 2 aromatic rings. The Hall–Kier alpha value is -1.71. The number of hydrogen-bond acceptors (Lipinski definition) is 2. The van der Waals surface area contributed by atoms with Crippen LogP contribution in [0.2, 0.25) is 10.0 Å². The van der Waals surface area contributed by atoms with Crippen LogP contribution in [0.1, 0.15) is 21.5 Å². The summed E-state index contributed by atoms with van der Waals surface area (Å²) in [6, 6.07) is 8.50. The molecule has 0 saturated heterocycles. The molecule has 2 aromatic carbocycles. The first-order valence-corrected chi connectivity index (χ1v) is 6.77. The molecule has 0 spiro atoms. The van der Waals surface area contributed by atoms with Gasteiger partial charge < -0.3 is 11.1 Å². The van der Waals surface area contributed by atoms with Gasteiger partial charge in [-0.15, -0.1) is 0 Å². The average molecular weight is 309 g/mol. The molecule has 0 saturated carbocycles. The van der Waals surface area contributed by atoms with Crippen LogP contribution in [0.15, 0.2) is 30.3 Å². The van der Waals surface area contributed by atoms with E-state index in [1.165, 1.54) is 6.07 Å². The highest BCUT2D eigenvalue weighted by Crippen LogP contribution is 2.27. The standard InChI is InChI=1S/C15H14Cl2N2O/c1-8-5-9(2)14(13(18)6-8)19-15(20)11-7-10(16)3-4-12(11)17/h3-7H,18H2,1-2H3,(H,19,20). The van der Waals surface area contributed by atoms with Gasteiger partial charge in [0.05, 0.1) is 22.0 Å². The molecular weight excluding hydrogens is 295 g/mol. The Morgan fingerprint density at radius 2 is 1.85 bits per heavy atom. The number of carbonyl (C=O) groups is 1. The molecule has 0 aliphatic carbocycles. The van der Waals surface area contributed by atoms with Crippen LogP contribution in [0.5, 0.6) is 0 Å². The van der Waals surface area contributed by atoms with Crippen LogP contribution >= 0.6 is 23.2 Å². The number of nitrogens with two attached hydrogens (primary N) is 1. The van der Waals surface area contributed by atoms with Crippen LogP contribution < -0.4 is 11.1 Å². The van der Waals surface area contributed by atoms with Crippen molar-refractivity contribution in [1.29, 1.82) is 0 Å². The van der Waals surface area contributed by atoms with Crippen LogP contribution in [0.25, 0.3) is 0 Å². The van der Waals surface area contributed by atoms with Gasteiger partial charge in [0, 0.05) is 5.02 Å². The maximum absolute atomic E-state index is 12.3. The lowest BCUT2D eigenvalue weighted by Crippen LogP contribution is -2.15. The largest absolute Gasteiger partial charge is 0.397 e. The van der Waals surface area contributed by atoms with E-state index in [0.717, 1.165) is 11.1 Å². The van der Waals surface area contributed by atoms with Gasteiger partial charge in [0.25, 0.3) is 5.91 Å². The summed E-state index contributed by atoms with van der Waals surface area (Å²) in [4.78, 5) is 12.3. The van der Waals surface area contributed by atoms with Gasteiger partial charge in [0.1, 0.15) is 0 Å². The number of amides is 1. The summed E-state index contributed by atoms with van der Waals surface area (Å²) in [6.45, 7) is 3.83. The van der Waals surface area contributed by atoms with E-state index in [1.54, 1.807) is 12.1 Å². The minimum atomic E-state index is -0.337. The summed E-state index contributed by atoms with van der Waals surface area (Å²) in [7, 11) is 0. The summed E-state index contributed by atoms with van der Waals surface area (Å²) in [6.07, 6.45) is 0. The first-order chi connectivity index (χ1) is 9.38. The first-order valence-electron chi connectivity index (χ1n) is 6.01. The van der Waals surface area contributed by atoms with Crippen molar-refractivity contribution in [2.24, 2.45) is 0 Å². The second-order valence-corrected chi connectivity index (χ2v) is 5.47. The summed E-state index contributed by atoms with van der Waals surface area (Å²) in [5, 5.41) is 3.58. The Morgan fingerprint density at radius 1 is 1.15 bits per heavy atom. The fourth-order valence-corrected chi connectivity index (χ4v) is 2.40. The zero-order chi connectivity index (χ0) is 14.9. The van der Waals surface area contributed by atoms with E-state index in [0.29, 0.717) is 27.0 Å². The Balaban J connectivity index is 2.35. The number of aryl methyl sites for hydroxylation is 2. The molecule has 2 rings (SSSR count). The third-order valence-corrected chi connectivity index (χ3v) is 3.49. The second kappa shape index (κ2) is 5.73. The number of nitrogens with one attached hydrogen (secondary N) is 1. The summed E-state index contributed by atoms with van der Waals surface area (Å²) < 4.78 is 0. The van der Waals surface area contributed by atoms with Gasteiger partial charge in [-0.25, -0.2) is 0 Å². The number of rotatable bonds is 2. The van der Waals surface area contributed by atoms with Gasteiger partial charge in [-0.3, -0.25) is 4.79 Å². The lowest BCUT2D eigenvalue weighted by atomic mass is 10.1. The van der Waals surface area contributed by atoms with Crippen LogP contribution in [0.4, 0.5) is 11.4 Å². The van der Waals surface area contributed by atoms with Gasteiger partial charge >= 0.3 is 0 Å². The minimum absolute atomic E-state index is 0.318. The quantitative estimate of drug-likeness (QED) is 0.806. The molecule has 0 atom stereocenters. The molecule has 0 heterocycles. The number of benzene rings is 2. The van der Waals surface area contributed by atoms with E-state index >= 15 is 0 Å². The molecule has 20 heavy (non-hydrogen) atoms. The number of halogens is 2. The van der Waals surface area contributed by atoms with Gasteiger partial charge in [-0.1, -0.05) is 29.3 Å². The van der Waals surface area contributed by atoms with Crippen molar-refractivity contribution < 1.29 is 4.79 Å².